The van der Waals surface area contributed by atoms with Crippen molar-refractivity contribution in [2.24, 2.45) is 0 Å². The van der Waals surface area contributed by atoms with Crippen molar-refractivity contribution < 1.29 is 18.7 Å². The minimum absolute atomic E-state index is 0.220. The van der Waals surface area contributed by atoms with E-state index in [4.69, 9.17) is 5.11 Å². The predicted molar refractivity (Wildman–Crippen MR) is 60.9 cm³/mol. The van der Waals surface area contributed by atoms with E-state index in [0.29, 0.717) is 16.8 Å². The SMILES string of the molecule is O=C(O)Cc1cccnc1-c1ccc(F)c(F)c1. The van der Waals surface area contributed by atoms with Crippen molar-refractivity contribution >= 4 is 5.97 Å². The molecule has 0 radical (unpaired) electrons. The van der Waals surface area contributed by atoms with Gasteiger partial charge < -0.3 is 5.11 Å². The molecule has 0 saturated carbocycles. The van der Waals surface area contributed by atoms with Gasteiger partial charge >= 0.3 is 5.97 Å². The van der Waals surface area contributed by atoms with Gasteiger partial charge in [0, 0.05) is 11.8 Å². The Hall–Kier alpha value is -2.30. The molecular formula is C13H9F2NO2. The van der Waals surface area contributed by atoms with Crippen molar-refractivity contribution in [3.05, 3.63) is 53.7 Å². The number of carboxylic acid groups (broad SMARTS) is 1. The lowest BCUT2D eigenvalue weighted by Crippen LogP contribution is -2.03. The zero-order valence-electron chi connectivity index (χ0n) is 9.23. The number of carbonyl (C=O) groups is 1. The molecular weight excluding hydrogens is 240 g/mol. The highest BCUT2D eigenvalue weighted by atomic mass is 19.2. The summed E-state index contributed by atoms with van der Waals surface area (Å²) in [5.41, 5.74) is 1.15. The zero-order chi connectivity index (χ0) is 13.1. The molecule has 0 aliphatic heterocycles. The van der Waals surface area contributed by atoms with Crippen LogP contribution in [0.3, 0.4) is 0 Å². The number of nitrogens with zero attached hydrogens (tertiary/aromatic N) is 1. The Kier molecular flexibility index (Phi) is 3.32. The average molecular weight is 249 g/mol. The van der Waals surface area contributed by atoms with E-state index >= 15 is 0 Å². The first-order valence-electron chi connectivity index (χ1n) is 5.19. The summed E-state index contributed by atoms with van der Waals surface area (Å²) in [4.78, 5) is 14.7. The van der Waals surface area contributed by atoms with E-state index in [9.17, 15) is 13.6 Å². The maximum absolute atomic E-state index is 13.1. The molecule has 18 heavy (non-hydrogen) atoms. The molecule has 3 nitrogen and oxygen atoms in total. The van der Waals surface area contributed by atoms with E-state index in [1.54, 1.807) is 12.1 Å². The van der Waals surface area contributed by atoms with Gasteiger partial charge in [-0.15, -0.1) is 0 Å². The molecule has 92 valence electrons. The number of carboxylic acids is 1. The van der Waals surface area contributed by atoms with Gasteiger partial charge in [-0.1, -0.05) is 6.07 Å². The minimum Gasteiger partial charge on any atom is -0.481 e. The number of pyridine rings is 1. The normalized spacial score (nSPS) is 10.3. The maximum atomic E-state index is 13.1. The molecule has 0 aliphatic carbocycles. The van der Waals surface area contributed by atoms with Gasteiger partial charge in [0.15, 0.2) is 11.6 Å². The lowest BCUT2D eigenvalue weighted by Gasteiger charge is -2.06. The number of aliphatic carboxylic acids is 1. The Morgan fingerprint density at radius 3 is 2.67 bits per heavy atom. The Morgan fingerprint density at radius 1 is 1.22 bits per heavy atom. The average Bonchev–Trinajstić information content (AvgIpc) is 2.33. The third-order valence-corrected chi connectivity index (χ3v) is 2.43. The van der Waals surface area contributed by atoms with Gasteiger partial charge in [0.05, 0.1) is 12.1 Å². The molecule has 0 atom stereocenters. The van der Waals surface area contributed by atoms with Gasteiger partial charge in [-0.25, -0.2) is 8.78 Å². The molecule has 1 N–H and O–H groups in total. The second-order valence-corrected chi connectivity index (χ2v) is 3.71. The zero-order valence-corrected chi connectivity index (χ0v) is 9.23. The molecule has 1 aromatic carbocycles. The maximum Gasteiger partial charge on any atom is 0.307 e. The monoisotopic (exact) mass is 249 g/mol. The van der Waals surface area contributed by atoms with Gasteiger partial charge in [0.1, 0.15) is 0 Å². The summed E-state index contributed by atoms with van der Waals surface area (Å²) >= 11 is 0. The first-order valence-corrected chi connectivity index (χ1v) is 5.19. The molecule has 2 aromatic rings. The topological polar surface area (TPSA) is 50.2 Å². The van der Waals surface area contributed by atoms with Crippen molar-refractivity contribution in [2.75, 3.05) is 0 Å². The molecule has 5 heteroatoms. The number of benzene rings is 1. The Labute approximate surface area is 102 Å². The van der Waals surface area contributed by atoms with E-state index in [1.807, 2.05) is 0 Å². The third kappa shape index (κ3) is 2.51. The fourth-order valence-electron chi connectivity index (χ4n) is 1.65. The largest absolute Gasteiger partial charge is 0.481 e. The number of hydrogen-bond donors (Lipinski definition) is 1. The van der Waals surface area contributed by atoms with E-state index < -0.39 is 17.6 Å². The highest BCUT2D eigenvalue weighted by molar-refractivity contribution is 5.74. The molecule has 1 aromatic heterocycles. The lowest BCUT2D eigenvalue weighted by atomic mass is 10.0. The molecule has 0 bridgehead atoms. The van der Waals surface area contributed by atoms with Crippen molar-refractivity contribution in [1.29, 1.82) is 0 Å². The molecule has 0 spiro atoms. The first-order chi connectivity index (χ1) is 8.58. The molecule has 1 heterocycles. The standard InChI is InChI=1S/C13H9F2NO2/c14-10-4-3-9(6-11(10)15)13-8(7-12(17)18)2-1-5-16-13/h1-6H,7H2,(H,17,18). The smallest absolute Gasteiger partial charge is 0.307 e. The highest BCUT2D eigenvalue weighted by Crippen LogP contribution is 2.23. The second-order valence-electron chi connectivity index (χ2n) is 3.71. The quantitative estimate of drug-likeness (QED) is 0.909. The van der Waals surface area contributed by atoms with Gasteiger partial charge in [-0.2, -0.15) is 0 Å². The Balaban J connectivity index is 2.49. The number of halogens is 2. The molecule has 0 aliphatic rings. The van der Waals surface area contributed by atoms with Crippen LogP contribution in [0.2, 0.25) is 0 Å². The molecule has 0 saturated heterocycles. The van der Waals surface area contributed by atoms with Crippen molar-refractivity contribution in [3.63, 3.8) is 0 Å². The van der Waals surface area contributed by atoms with Crippen LogP contribution in [0.15, 0.2) is 36.5 Å². The molecule has 2 rings (SSSR count). The number of aromatic nitrogens is 1. The Morgan fingerprint density at radius 2 is 2.00 bits per heavy atom. The highest BCUT2D eigenvalue weighted by Gasteiger charge is 2.11. The van der Waals surface area contributed by atoms with Gasteiger partial charge in [-0.05, 0) is 29.8 Å². The minimum atomic E-state index is -1.01. The van der Waals surface area contributed by atoms with Crippen LogP contribution in [-0.4, -0.2) is 16.1 Å². The first kappa shape index (κ1) is 12.2. The van der Waals surface area contributed by atoms with Crippen LogP contribution in [0.25, 0.3) is 11.3 Å². The van der Waals surface area contributed by atoms with Crippen molar-refractivity contribution in [2.45, 2.75) is 6.42 Å². The summed E-state index contributed by atoms with van der Waals surface area (Å²) in [6, 6.07) is 6.55. The fraction of sp³-hybridized carbons (Fsp3) is 0.0769. The van der Waals surface area contributed by atoms with E-state index in [-0.39, 0.29) is 6.42 Å². The van der Waals surface area contributed by atoms with Crippen LogP contribution >= 0.6 is 0 Å². The van der Waals surface area contributed by atoms with E-state index in [2.05, 4.69) is 4.98 Å². The van der Waals surface area contributed by atoms with E-state index in [0.717, 1.165) is 12.1 Å². The molecule has 0 fully saturated rings. The predicted octanol–water partition coefficient (Wildman–Crippen LogP) is 2.65. The number of rotatable bonds is 3. The van der Waals surface area contributed by atoms with Gasteiger partial charge in [-0.3, -0.25) is 9.78 Å². The van der Waals surface area contributed by atoms with Crippen LogP contribution in [0.4, 0.5) is 8.78 Å². The molecule has 0 amide bonds. The lowest BCUT2D eigenvalue weighted by molar-refractivity contribution is -0.136. The van der Waals surface area contributed by atoms with Crippen LogP contribution in [0.1, 0.15) is 5.56 Å². The fourth-order valence-corrected chi connectivity index (χ4v) is 1.65. The van der Waals surface area contributed by atoms with Crippen molar-refractivity contribution in [3.8, 4) is 11.3 Å². The van der Waals surface area contributed by atoms with E-state index in [1.165, 1.54) is 12.3 Å². The van der Waals surface area contributed by atoms with Gasteiger partial charge in [0.2, 0.25) is 0 Å². The summed E-state index contributed by atoms with van der Waals surface area (Å²) in [5, 5.41) is 8.78. The summed E-state index contributed by atoms with van der Waals surface area (Å²) in [6.07, 6.45) is 1.25. The molecule has 0 unspecified atom stereocenters. The van der Waals surface area contributed by atoms with Crippen LogP contribution in [0.5, 0.6) is 0 Å². The van der Waals surface area contributed by atoms with Gasteiger partial charge in [0.25, 0.3) is 0 Å². The van der Waals surface area contributed by atoms with Crippen LogP contribution in [-0.2, 0) is 11.2 Å². The summed E-state index contributed by atoms with van der Waals surface area (Å²) in [5.74, 6) is -2.94. The third-order valence-electron chi connectivity index (χ3n) is 2.43. The van der Waals surface area contributed by atoms with Crippen LogP contribution < -0.4 is 0 Å². The van der Waals surface area contributed by atoms with Crippen molar-refractivity contribution in [1.82, 2.24) is 4.98 Å². The summed E-state index contributed by atoms with van der Waals surface area (Å²) in [6.45, 7) is 0. The number of hydrogen-bond acceptors (Lipinski definition) is 2. The summed E-state index contributed by atoms with van der Waals surface area (Å²) < 4.78 is 26.0. The second kappa shape index (κ2) is 4.91. The summed E-state index contributed by atoms with van der Waals surface area (Å²) in [7, 11) is 0. The Bertz CT molecular complexity index is 599. The van der Waals surface area contributed by atoms with Crippen LogP contribution in [0, 0.1) is 11.6 Å².